The number of hydrogen-bond acceptors (Lipinski definition) is 4. The molecule has 0 saturated heterocycles. The Labute approximate surface area is 196 Å². The number of amides is 1. The highest BCUT2D eigenvalue weighted by Crippen LogP contribution is 2.44. The second kappa shape index (κ2) is 7.90. The van der Waals surface area contributed by atoms with Crippen LogP contribution in [-0.4, -0.2) is 30.3 Å². The average Bonchev–Trinajstić information content (AvgIpc) is 3.35. The van der Waals surface area contributed by atoms with Crippen molar-refractivity contribution >= 4 is 42.3 Å². The molecular weight excluding hydrogens is 451 g/mol. The summed E-state index contributed by atoms with van der Waals surface area (Å²) in [5, 5.41) is 13.2. The predicted molar refractivity (Wildman–Crippen MR) is 126 cm³/mol. The lowest BCUT2D eigenvalue weighted by Crippen LogP contribution is -2.31. The first kappa shape index (κ1) is 22.3. The van der Waals surface area contributed by atoms with Crippen LogP contribution in [0.5, 0.6) is 0 Å². The lowest BCUT2D eigenvalue weighted by atomic mass is 9.98. The van der Waals surface area contributed by atoms with E-state index in [4.69, 9.17) is 11.6 Å². The standard InChI is InChI=1S/C22H20ClFN6O.H2S/c1-5-29-20-18(12(3)27-29)19(16-7-6-14(23)9-17(16)24)30(22(20)31)15-8-11(2)21-26-25-13(4)28(21)10-15;/h6-10,19H,5H2,1-4H3;1H2/t19-;/m1./s1. The van der Waals surface area contributed by atoms with Gasteiger partial charge < -0.3 is 0 Å². The molecule has 0 fully saturated rings. The molecule has 4 heterocycles. The molecular formula is C22H22ClFN6OS. The van der Waals surface area contributed by atoms with Crippen LogP contribution in [0.4, 0.5) is 10.1 Å². The number of rotatable bonds is 3. The lowest BCUT2D eigenvalue weighted by Gasteiger charge is -2.27. The van der Waals surface area contributed by atoms with E-state index in [9.17, 15) is 4.79 Å². The Balaban J connectivity index is 0.00000245. The van der Waals surface area contributed by atoms with E-state index in [0.29, 0.717) is 45.6 Å². The van der Waals surface area contributed by atoms with Gasteiger partial charge in [-0.05, 0) is 51.5 Å². The number of nitrogens with zero attached hydrogens (tertiary/aromatic N) is 6. The highest BCUT2D eigenvalue weighted by molar-refractivity contribution is 7.59. The maximum absolute atomic E-state index is 15.1. The Morgan fingerprint density at radius 1 is 1.16 bits per heavy atom. The zero-order chi connectivity index (χ0) is 22.0. The average molecular weight is 473 g/mol. The summed E-state index contributed by atoms with van der Waals surface area (Å²) in [5.74, 6) is 0.0144. The summed E-state index contributed by atoms with van der Waals surface area (Å²) in [7, 11) is 0. The van der Waals surface area contributed by atoms with E-state index < -0.39 is 11.9 Å². The maximum Gasteiger partial charge on any atom is 0.277 e. The number of aromatic nitrogens is 5. The molecule has 0 unspecified atom stereocenters. The minimum atomic E-state index is -0.659. The van der Waals surface area contributed by atoms with Gasteiger partial charge in [-0.15, -0.1) is 10.2 Å². The monoisotopic (exact) mass is 472 g/mol. The first-order valence-electron chi connectivity index (χ1n) is 9.99. The molecule has 0 bridgehead atoms. The van der Waals surface area contributed by atoms with Crippen LogP contribution in [0, 0.1) is 26.6 Å². The lowest BCUT2D eigenvalue weighted by molar-refractivity contribution is 0.0983. The quantitative estimate of drug-likeness (QED) is 0.439. The minimum Gasteiger partial charge on any atom is -0.294 e. The van der Waals surface area contributed by atoms with Gasteiger partial charge in [-0.1, -0.05) is 17.7 Å². The summed E-state index contributed by atoms with van der Waals surface area (Å²) in [6, 6.07) is 5.77. The van der Waals surface area contributed by atoms with E-state index in [2.05, 4.69) is 15.3 Å². The normalized spacial score (nSPS) is 15.4. The van der Waals surface area contributed by atoms with Crippen LogP contribution in [0.1, 0.15) is 51.7 Å². The predicted octanol–water partition coefficient (Wildman–Crippen LogP) is 4.53. The number of carbonyl (C=O) groups is 1. The Morgan fingerprint density at radius 2 is 1.91 bits per heavy atom. The number of hydrogen-bond donors (Lipinski definition) is 0. The van der Waals surface area contributed by atoms with Gasteiger partial charge in [0.2, 0.25) is 0 Å². The molecule has 166 valence electrons. The molecule has 1 atom stereocenters. The Bertz CT molecular complexity index is 1380. The van der Waals surface area contributed by atoms with Crippen LogP contribution >= 0.6 is 25.1 Å². The van der Waals surface area contributed by atoms with Crippen LogP contribution in [0.25, 0.3) is 5.65 Å². The summed E-state index contributed by atoms with van der Waals surface area (Å²) >= 11 is 6.00. The van der Waals surface area contributed by atoms with E-state index in [0.717, 1.165) is 11.2 Å². The van der Waals surface area contributed by atoms with Crippen molar-refractivity contribution in [2.45, 2.75) is 40.3 Å². The number of carbonyl (C=O) groups excluding carboxylic acids is 1. The molecule has 5 rings (SSSR count). The van der Waals surface area contributed by atoms with Crippen molar-refractivity contribution in [3.8, 4) is 0 Å². The van der Waals surface area contributed by atoms with E-state index in [-0.39, 0.29) is 19.4 Å². The summed E-state index contributed by atoms with van der Waals surface area (Å²) in [5.41, 5.74) is 4.49. The Kier molecular flexibility index (Phi) is 5.50. The van der Waals surface area contributed by atoms with Gasteiger partial charge in [0, 0.05) is 28.9 Å². The van der Waals surface area contributed by atoms with Crippen LogP contribution in [0.15, 0.2) is 30.5 Å². The maximum atomic E-state index is 15.1. The second-order valence-electron chi connectivity index (χ2n) is 7.73. The molecule has 7 nitrogen and oxygen atoms in total. The highest BCUT2D eigenvalue weighted by Gasteiger charge is 2.44. The van der Waals surface area contributed by atoms with E-state index >= 15 is 4.39 Å². The van der Waals surface area contributed by atoms with Crippen LogP contribution in [-0.2, 0) is 6.54 Å². The van der Waals surface area contributed by atoms with Crippen LogP contribution < -0.4 is 4.90 Å². The first-order chi connectivity index (χ1) is 14.8. The topological polar surface area (TPSA) is 68.3 Å². The molecule has 3 aromatic heterocycles. The van der Waals surface area contributed by atoms with Crippen molar-refractivity contribution in [3.05, 3.63) is 75.2 Å². The minimum absolute atomic E-state index is 0. The first-order valence-corrected chi connectivity index (χ1v) is 10.4. The fraction of sp³-hybridized carbons (Fsp3) is 0.273. The molecule has 1 amide bonds. The van der Waals surface area contributed by atoms with Crippen molar-refractivity contribution < 1.29 is 9.18 Å². The van der Waals surface area contributed by atoms with E-state index in [1.807, 2.05) is 44.4 Å². The van der Waals surface area contributed by atoms with Gasteiger partial charge >= 0.3 is 0 Å². The van der Waals surface area contributed by atoms with Gasteiger partial charge in [0.15, 0.2) is 5.65 Å². The fourth-order valence-electron chi connectivity index (χ4n) is 4.40. The Morgan fingerprint density at radius 3 is 2.59 bits per heavy atom. The molecule has 1 aromatic carbocycles. The molecule has 0 N–H and O–H groups in total. The van der Waals surface area contributed by atoms with Gasteiger partial charge in [-0.2, -0.15) is 18.6 Å². The van der Waals surface area contributed by atoms with Gasteiger partial charge in [-0.3, -0.25) is 18.8 Å². The largest absolute Gasteiger partial charge is 0.294 e. The molecule has 10 heteroatoms. The van der Waals surface area contributed by atoms with Crippen LogP contribution in [0.3, 0.4) is 0 Å². The van der Waals surface area contributed by atoms with Crippen molar-refractivity contribution in [1.29, 1.82) is 0 Å². The van der Waals surface area contributed by atoms with Gasteiger partial charge in [0.25, 0.3) is 5.91 Å². The zero-order valence-electron chi connectivity index (χ0n) is 18.0. The number of aryl methyl sites for hydroxylation is 4. The summed E-state index contributed by atoms with van der Waals surface area (Å²) in [6.45, 7) is 8.07. The molecule has 0 saturated carbocycles. The van der Waals surface area contributed by atoms with Crippen molar-refractivity contribution in [2.24, 2.45) is 0 Å². The fourth-order valence-corrected chi connectivity index (χ4v) is 4.56. The van der Waals surface area contributed by atoms with Gasteiger partial charge in [0.1, 0.15) is 17.3 Å². The second-order valence-corrected chi connectivity index (χ2v) is 8.17. The molecule has 1 aliphatic heterocycles. The summed E-state index contributed by atoms with van der Waals surface area (Å²) in [4.78, 5) is 15.3. The van der Waals surface area contributed by atoms with Crippen molar-refractivity contribution in [3.63, 3.8) is 0 Å². The summed E-state index contributed by atoms with van der Waals surface area (Å²) in [6.07, 6.45) is 1.82. The van der Waals surface area contributed by atoms with Gasteiger partial charge in [0.05, 0.1) is 17.4 Å². The van der Waals surface area contributed by atoms with Gasteiger partial charge in [-0.25, -0.2) is 4.39 Å². The molecule has 1 aliphatic rings. The smallest absolute Gasteiger partial charge is 0.277 e. The van der Waals surface area contributed by atoms with Crippen molar-refractivity contribution in [2.75, 3.05) is 4.90 Å². The molecule has 0 spiro atoms. The van der Waals surface area contributed by atoms with E-state index in [1.165, 1.54) is 6.07 Å². The third-order valence-corrected chi connectivity index (χ3v) is 6.04. The molecule has 0 radical (unpaired) electrons. The number of benzene rings is 1. The number of halogens is 2. The zero-order valence-corrected chi connectivity index (χ0v) is 19.8. The number of pyridine rings is 1. The summed E-state index contributed by atoms with van der Waals surface area (Å²) < 4.78 is 18.6. The molecule has 32 heavy (non-hydrogen) atoms. The van der Waals surface area contributed by atoms with Crippen LogP contribution in [0.2, 0.25) is 5.02 Å². The number of anilines is 1. The Hall–Kier alpha value is -2.91. The highest BCUT2D eigenvalue weighted by atomic mass is 35.5. The molecule has 0 aliphatic carbocycles. The SMILES string of the molecule is CCn1nc(C)c2c1C(=O)N(c1cc(C)c3nnc(C)n3c1)[C@@H]2c1ccc(Cl)cc1F.S. The van der Waals surface area contributed by atoms with Crippen molar-refractivity contribution in [1.82, 2.24) is 24.4 Å². The third kappa shape index (κ3) is 3.10. The number of fused-ring (bicyclic) bond motifs is 2. The van der Waals surface area contributed by atoms with E-state index in [1.54, 1.807) is 21.7 Å². The third-order valence-electron chi connectivity index (χ3n) is 5.81. The molecule has 4 aromatic rings.